The lowest BCUT2D eigenvalue weighted by Gasteiger charge is -2.14. The summed E-state index contributed by atoms with van der Waals surface area (Å²) in [5, 5.41) is 0. The first-order chi connectivity index (χ1) is 11.0. The first kappa shape index (κ1) is 16.5. The Balaban J connectivity index is 1.90. The number of amides is 4. The van der Waals surface area contributed by atoms with Gasteiger partial charge in [-0.2, -0.15) is 0 Å². The number of likely N-dealkylation sites (N-methyl/N-ethyl adjacent to an activating group) is 1. The first-order valence-electron chi connectivity index (χ1n) is 6.98. The number of urea groups is 1. The lowest BCUT2D eigenvalue weighted by Crippen LogP contribution is -2.35. The van der Waals surface area contributed by atoms with Crippen molar-refractivity contribution in [2.45, 2.75) is 6.92 Å². The van der Waals surface area contributed by atoms with Crippen LogP contribution in [0.1, 0.15) is 17.3 Å². The molecule has 1 aliphatic heterocycles. The molecule has 1 aliphatic rings. The van der Waals surface area contributed by atoms with E-state index in [4.69, 9.17) is 4.74 Å². The van der Waals surface area contributed by atoms with Gasteiger partial charge in [-0.3, -0.25) is 19.4 Å². The highest BCUT2D eigenvalue weighted by Crippen LogP contribution is 2.14. The fourth-order valence-corrected chi connectivity index (χ4v) is 2.09. The van der Waals surface area contributed by atoms with Gasteiger partial charge in [0.1, 0.15) is 12.4 Å². The number of imide groups is 2. The van der Waals surface area contributed by atoms with Gasteiger partial charge in [-0.15, -0.1) is 0 Å². The van der Waals surface area contributed by atoms with Crippen molar-refractivity contribution in [2.75, 3.05) is 26.8 Å². The quantitative estimate of drug-likeness (QED) is 0.434. The summed E-state index contributed by atoms with van der Waals surface area (Å²) in [6, 6.07) is 5.59. The monoisotopic (exact) mass is 320 g/mol. The molecule has 1 saturated heterocycles. The predicted octanol–water partition coefficient (Wildman–Crippen LogP) is 0.663. The Labute approximate surface area is 132 Å². The van der Waals surface area contributed by atoms with E-state index in [1.807, 2.05) is 0 Å². The summed E-state index contributed by atoms with van der Waals surface area (Å²) in [5.74, 6) is -1.65. The van der Waals surface area contributed by atoms with E-state index in [1.54, 1.807) is 19.1 Å². The summed E-state index contributed by atoms with van der Waals surface area (Å²) in [4.78, 5) is 48.1. The van der Waals surface area contributed by atoms with Gasteiger partial charge in [0.05, 0.1) is 19.2 Å². The Kier molecular flexibility index (Phi) is 4.95. The molecule has 0 saturated carbocycles. The van der Waals surface area contributed by atoms with Crippen molar-refractivity contribution in [3.63, 3.8) is 0 Å². The molecule has 122 valence electrons. The first-order valence-corrected chi connectivity index (χ1v) is 6.98. The Bertz CT molecular complexity index is 640. The maximum Gasteiger partial charge on any atom is 0.337 e. The molecule has 0 radical (unpaired) electrons. The molecule has 0 aromatic heterocycles. The van der Waals surface area contributed by atoms with Crippen LogP contribution in [0.4, 0.5) is 4.79 Å². The van der Waals surface area contributed by atoms with Gasteiger partial charge < -0.3 is 9.47 Å². The number of nitrogens with zero attached hydrogens (tertiary/aromatic N) is 2. The van der Waals surface area contributed by atoms with Crippen LogP contribution in [-0.2, 0) is 14.3 Å². The minimum atomic E-state index is -0.846. The van der Waals surface area contributed by atoms with Gasteiger partial charge in [-0.1, -0.05) is 0 Å². The summed E-state index contributed by atoms with van der Waals surface area (Å²) in [6.07, 6.45) is 0. The fraction of sp³-hybridized carbons (Fsp3) is 0.333. The smallest absolute Gasteiger partial charge is 0.337 e. The minimum absolute atomic E-state index is 0.0291. The lowest BCUT2D eigenvalue weighted by atomic mass is 10.2. The SMILES string of the molecule is CCN1C(=O)C(=O)N(CCOc2ccc(C(=O)OC)cc2)C1=O. The molecule has 0 aliphatic carbocycles. The second kappa shape index (κ2) is 6.91. The maximum atomic E-state index is 11.9. The number of methoxy groups -OCH3 is 1. The molecule has 0 spiro atoms. The van der Waals surface area contributed by atoms with E-state index in [0.29, 0.717) is 11.3 Å². The third kappa shape index (κ3) is 3.31. The lowest BCUT2D eigenvalue weighted by molar-refractivity contribution is -0.143. The molecule has 1 aromatic carbocycles. The molecule has 8 nitrogen and oxygen atoms in total. The second-order valence-corrected chi connectivity index (χ2v) is 4.65. The number of carbonyl (C=O) groups excluding carboxylic acids is 4. The summed E-state index contributed by atoms with van der Waals surface area (Å²) >= 11 is 0. The van der Waals surface area contributed by atoms with E-state index in [1.165, 1.54) is 19.2 Å². The summed E-state index contributed by atoms with van der Waals surface area (Å²) < 4.78 is 9.99. The van der Waals surface area contributed by atoms with Crippen molar-refractivity contribution < 1.29 is 28.7 Å². The minimum Gasteiger partial charge on any atom is -0.492 e. The third-order valence-electron chi connectivity index (χ3n) is 3.31. The molecular formula is C15H16N2O6. The molecule has 1 aromatic rings. The molecule has 0 N–H and O–H groups in total. The number of carbonyl (C=O) groups is 4. The van der Waals surface area contributed by atoms with E-state index < -0.39 is 23.8 Å². The standard InChI is InChI=1S/C15H16N2O6/c1-3-16-12(18)13(19)17(15(16)21)8-9-23-11-6-4-10(5-7-11)14(20)22-2/h4-7H,3,8-9H2,1-2H3. The van der Waals surface area contributed by atoms with Crippen molar-refractivity contribution in [1.82, 2.24) is 9.80 Å². The fourth-order valence-electron chi connectivity index (χ4n) is 2.09. The van der Waals surface area contributed by atoms with Gasteiger partial charge in [0.25, 0.3) is 0 Å². The molecule has 0 bridgehead atoms. The molecule has 1 fully saturated rings. The summed E-state index contributed by atoms with van der Waals surface area (Å²) in [6.45, 7) is 1.78. The van der Waals surface area contributed by atoms with Gasteiger partial charge in [-0.25, -0.2) is 9.59 Å². The molecule has 23 heavy (non-hydrogen) atoms. The molecule has 8 heteroatoms. The number of esters is 1. The van der Waals surface area contributed by atoms with Crippen molar-refractivity contribution in [3.8, 4) is 5.75 Å². The number of rotatable bonds is 6. The van der Waals surface area contributed by atoms with E-state index in [-0.39, 0.29) is 19.7 Å². The van der Waals surface area contributed by atoms with Crippen LogP contribution in [0.25, 0.3) is 0 Å². The Morgan fingerprint density at radius 2 is 1.65 bits per heavy atom. The Hall–Kier alpha value is -2.90. The van der Waals surface area contributed by atoms with Crippen LogP contribution in [0.5, 0.6) is 5.75 Å². The number of ether oxygens (including phenoxy) is 2. The third-order valence-corrected chi connectivity index (χ3v) is 3.31. The molecule has 0 unspecified atom stereocenters. The summed E-state index contributed by atoms with van der Waals surface area (Å²) in [7, 11) is 1.29. The van der Waals surface area contributed by atoms with Crippen molar-refractivity contribution in [3.05, 3.63) is 29.8 Å². The highest BCUT2D eigenvalue weighted by atomic mass is 16.5. The largest absolute Gasteiger partial charge is 0.492 e. The topological polar surface area (TPSA) is 93.2 Å². The van der Waals surface area contributed by atoms with Gasteiger partial charge >= 0.3 is 23.8 Å². The van der Waals surface area contributed by atoms with Crippen molar-refractivity contribution in [1.29, 1.82) is 0 Å². The molecular weight excluding hydrogens is 304 g/mol. The molecule has 4 amide bonds. The number of hydrogen-bond donors (Lipinski definition) is 0. The highest BCUT2D eigenvalue weighted by molar-refractivity contribution is 6.44. The highest BCUT2D eigenvalue weighted by Gasteiger charge is 2.43. The van der Waals surface area contributed by atoms with Gasteiger partial charge in [-0.05, 0) is 31.2 Å². The number of hydrogen-bond acceptors (Lipinski definition) is 6. The van der Waals surface area contributed by atoms with Crippen LogP contribution in [-0.4, -0.2) is 60.4 Å². The van der Waals surface area contributed by atoms with Crippen molar-refractivity contribution in [2.24, 2.45) is 0 Å². The Morgan fingerprint density at radius 3 is 2.17 bits per heavy atom. The molecule has 0 atom stereocenters. The van der Waals surface area contributed by atoms with E-state index in [2.05, 4.69) is 4.74 Å². The summed E-state index contributed by atoms with van der Waals surface area (Å²) in [5.41, 5.74) is 0.383. The van der Waals surface area contributed by atoms with Crippen LogP contribution in [0.15, 0.2) is 24.3 Å². The maximum absolute atomic E-state index is 11.9. The zero-order chi connectivity index (χ0) is 17.0. The van der Waals surface area contributed by atoms with Crippen LogP contribution >= 0.6 is 0 Å². The van der Waals surface area contributed by atoms with Crippen LogP contribution in [0.3, 0.4) is 0 Å². The molecule has 2 rings (SSSR count). The second-order valence-electron chi connectivity index (χ2n) is 4.65. The van der Waals surface area contributed by atoms with Crippen molar-refractivity contribution >= 4 is 23.8 Å². The zero-order valence-corrected chi connectivity index (χ0v) is 12.8. The van der Waals surface area contributed by atoms with Crippen LogP contribution in [0.2, 0.25) is 0 Å². The van der Waals surface area contributed by atoms with E-state index in [0.717, 1.165) is 9.80 Å². The van der Waals surface area contributed by atoms with Gasteiger partial charge in [0.2, 0.25) is 0 Å². The van der Waals surface area contributed by atoms with Gasteiger partial charge in [0.15, 0.2) is 0 Å². The van der Waals surface area contributed by atoms with E-state index >= 15 is 0 Å². The normalized spacial score (nSPS) is 14.4. The van der Waals surface area contributed by atoms with Crippen LogP contribution in [0, 0.1) is 0 Å². The average Bonchev–Trinajstić information content (AvgIpc) is 2.77. The predicted molar refractivity (Wildman–Crippen MR) is 77.8 cm³/mol. The average molecular weight is 320 g/mol. The van der Waals surface area contributed by atoms with Crippen LogP contribution < -0.4 is 4.74 Å². The zero-order valence-electron chi connectivity index (χ0n) is 12.8. The number of benzene rings is 1. The van der Waals surface area contributed by atoms with Gasteiger partial charge in [0, 0.05) is 6.54 Å². The Morgan fingerprint density at radius 1 is 1.04 bits per heavy atom. The van der Waals surface area contributed by atoms with E-state index in [9.17, 15) is 19.2 Å². The molecule has 1 heterocycles.